The Labute approximate surface area is 138 Å². The fraction of sp³-hybridized carbons (Fsp3) is 0.550. The number of fused-ring (bicyclic) bond motifs is 3. The summed E-state index contributed by atoms with van der Waals surface area (Å²) in [5, 5.41) is 10.4. The standard InChI is InChI=1S/C20H26O3/c1-12(2)13-5-7-15-14(11-13)6-8-16-18(19(22)23-4)17(21)9-10-20(15,16)3/h5,7,11,16-18,21H,1,6,8-10H2,2-4H3. The third-order valence-electron chi connectivity index (χ3n) is 6.04. The molecule has 4 unspecified atom stereocenters. The van der Waals surface area contributed by atoms with E-state index < -0.39 is 12.0 Å². The highest BCUT2D eigenvalue weighted by Gasteiger charge is 2.52. The van der Waals surface area contributed by atoms with Crippen LogP contribution >= 0.6 is 0 Å². The van der Waals surface area contributed by atoms with E-state index in [9.17, 15) is 9.90 Å². The summed E-state index contributed by atoms with van der Waals surface area (Å²) >= 11 is 0. The molecule has 0 spiro atoms. The number of aliphatic hydroxyl groups excluding tert-OH is 1. The first-order valence-electron chi connectivity index (χ1n) is 8.43. The minimum atomic E-state index is -0.586. The molecule has 3 nitrogen and oxygen atoms in total. The van der Waals surface area contributed by atoms with Gasteiger partial charge in [0.25, 0.3) is 0 Å². The van der Waals surface area contributed by atoms with Gasteiger partial charge in [0.2, 0.25) is 0 Å². The van der Waals surface area contributed by atoms with Gasteiger partial charge in [0.1, 0.15) is 0 Å². The van der Waals surface area contributed by atoms with Crippen LogP contribution < -0.4 is 0 Å². The molecule has 1 saturated carbocycles. The van der Waals surface area contributed by atoms with Crippen LogP contribution in [0.4, 0.5) is 0 Å². The molecule has 0 bridgehead atoms. The quantitative estimate of drug-likeness (QED) is 0.850. The fourth-order valence-corrected chi connectivity index (χ4v) is 4.70. The Hall–Kier alpha value is -1.61. The van der Waals surface area contributed by atoms with Crippen LogP contribution in [0.2, 0.25) is 0 Å². The Morgan fingerprint density at radius 3 is 2.78 bits per heavy atom. The average Bonchev–Trinajstić information content (AvgIpc) is 2.54. The Bertz CT molecular complexity index is 648. The van der Waals surface area contributed by atoms with E-state index in [1.54, 1.807) is 0 Å². The van der Waals surface area contributed by atoms with Crippen LogP contribution in [0, 0.1) is 11.8 Å². The van der Waals surface area contributed by atoms with Crippen molar-refractivity contribution in [3.8, 4) is 0 Å². The van der Waals surface area contributed by atoms with Gasteiger partial charge in [0.15, 0.2) is 0 Å². The van der Waals surface area contributed by atoms with Gasteiger partial charge in [-0.1, -0.05) is 37.3 Å². The lowest BCUT2D eigenvalue weighted by molar-refractivity contribution is -0.158. The van der Waals surface area contributed by atoms with E-state index in [1.165, 1.54) is 23.8 Å². The Morgan fingerprint density at radius 1 is 1.39 bits per heavy atom. The van der Waals surface area contributed by atoms with Crippen LogP contribution in [0.3, 0.4) is 0 Å². The molecule has 2 aliphatic rings. The number of hydrogen-bond donors (Lipinski definition) is 1. The van der Waals surface area contributed by atoms with Gasteiger partial charge in [0, 0.05) is 0 Å². The van der Waals surface area contributed by atoms with Gasteiger partial charge in [-0.3, -0.25) is 4.79 Å². The second-order valence-electron chi connectivity index (χ2n) is 7.37. The molecule has 1 aromatic rings. The van der Waals surface area contributed by atoms with E-state index >= 15 is 0 Å². The van der Waals surface area contributed by atoms with Gasteiger partial charge < -0.3 is 9.84 Å². The molecule has 0 heterocycles. The van der Waals surface area contributed by atoms with Crippen molar-refractivity contribution in [2.45, 2.75) is 51.0 Å². The number of hydrogen-bond acceptors (Lipinski definition) is 3. The molecule has 1 fully saturated rings. The molecule has 3 rings (SSSR count). The Morgan fingerprint density at radius 2 is 2.13 bits per heavy atom. The molecule has 23 heavy (non-hydrogen) atoms. The van der Waals surface area contributed by atoms with E-state index in [1.807, 2.05) is 6.92 Å². The molecule has 0 saturated heterocycles. The Kier molecular flexibility index (Phi) is 4.09. The molecular weight excluding hydrogens is 288 g/mol. The van der Waals surface area contributed by atoms with Gasteiger partial charge >= 0.3 is 5.97 Å². The zero-order chi connectivity index (χ0) is 16.8. The zero-order valence-corrected chi connectivity index (χ0v) is 14.3. The van der Waals surface area contributed by atoms with Gasteiger partial charge in [-0.15, -0.1) is 0 Å². The first kappa shape index (κ1) is 16.3. The average molecular weight is 314 g/mol. The summed E-state index contributed by atoms with van der Waals surface area (Å²) in [5.41, 5.74) is 4.89. The molecule has 1 N–H and O–H groups in total. The largest absolute Gasteiger partial charge is 0.469 e. The minimum Gasteiger partial charge on any atom is -0.469 e. The molecular formula is C20H26O3. The fourth-order valence-electron chi connectivity index (χ4n) is 4.70. The maximum atomic E-state index is 12.2. The number of carbonyl (C=O) groups is 1. The second kappa shape index (κ2) is 5.79. The van der Waals surface area contributed by atoms with Crippen LogP contribution in [0.1, 0.15) is 49.8 Å². The summed E-state index contributed by atoms with van der Waals surface area (Å²) in [6, 6.07) is 6.59. The number of aryl methyl sites for hydroxylation is 1. The summed E-state index contributed by atoms with van der Waals surface area (Å²) < 4.78 is 4.98. The molecule has 4 atom stereocenters. The van der Waals surface area contributed by atoms with Gasteiger partial charge in [-0.25, -0.2) is 0 Å². The number of esters is 1. The number of carbonyl (C=O) groups excluding carboxylic acids is 1. The van der Waals surface area contributed by atoms with Gasteiger partial charge in [0.05, 0.1) is 19.1 Å². The summed E-state index contributed by atoms with van der Waals surface area (Å²) in [7, 11) is 1.41. The van der Waals surface area contributed by atoms with Crippen LogP contribution in [-0.4, -0.2) is 24.3 Å². The lowest BCUT2D eigenvalue weighted by Gasteiger charge is -2.51. The van der Waals surface area contributed by atoms with Crippen molar-refractivity contribution in [2.75, 3.05) is 7.11 Å². The highest BCUT2D eigenvalue weighted by Crippen LogP contribution is 2.52. The molecule has 1 aromatic carbocycles. The van der Waals surface area contributed by atoms with Crippen LogP contribution in [0.5, 0.6) is 0 Å². The summed E-state index contributed by atoms with van der Waals surface area (Å²) in [4.78, 5) is 12.2. The number of aliphatic hydroxyl groups is 1. The van der Waals surface area contributed by atoms with E-state index in [0.29, 0.717) is 6.42 Å². The molecule has 2 aliphatic carbocycles. The third-order valence-corrected chi connectivity index (χ3v) is 6.04. The van der Waals surface area contributed by atoms with Crippen LogP contribution in [-0.2, 0) is 21.4 Å². The number of ether oxygens (including phenoxy) is 1. The highest BCUT2D eigenvalue weighted by molar-refractivity contribution is 5.74. The van der Waals surface area contributed by atoms with Crippen molar-refractivity contribution in [1.82, 2.24) is 0 Å². The van der Waals surface area contributed by atoms with E-state index in [2.05, 4.69) is 31.7 Å². The van der Waals surface area contributed by atoms with Gasteiger partial charge in [-0.05, 0) is 60.6 Å². The molecule has 3 heteroatoms. The Balaban J connectivity index is 2.04. The number of allylic oxidation sites excluding steroid dienone is 1. The first-order valence-corrected chi connectivity index (χ1v) is 8.43. The predicted octanol–water partition coefficient (Wildman–Crippen LogP) is 3.48. The third kappa shape index (κ3) is 2.51. The summed E-state index contributed by atoms with van der Waals surface area (Å²) in [5.74, 6) is -0.537. The van der Waals surface area contributed by atoms with Crippen molar-refractivity contribution in [2.24, 2.45) is 11.8 Å². The second-order valence-corrected chi connectivity index (χ2v) is 7.37. The number of rotatable bonds is 2. The molecule has 0 amide bonds. The van der Waals surface area contributed by atoms with Crippen LogP contribution in [0.15, 0.2) is 24.8 Å². The lowest BCUT2D eigenvalue weighted by atomic mass is 9.54. The predicted molar refractivity (Wildman–Crippen MR) is 91.1 cm³/mol. The highest BCUT2D eigenvalue weighted by atomic mass is 16.5. The maximum Gasteiger partial charge on any atom is 0.311 e. The van der Waals surface area contributed by atoms with E-state index in [4.69, 9.17) is 4.74 Å². The molecule has 0 radical (unpaired) electrons. The van der Waals surface area contributed by atoms with Crippen molar-refractivity contribution in [3.05, 3.63) is 41.5 Å². The maximum absolute atomic E-state index is 12.2. The molecule has 0 aliphatic heterocycles. The smallest absolute Gasteiger partial charge is 0.311 e. The van der Waals surface area contributed by atoms with E-state index in [0.717, 1.165) is 24.8 Å². The molecule has 124 valence electrons. The minimum absolute atomic E-state index is 0.0702. The molecule has 0 aromatic heterocycles. The van der Waals surface area contributed by atoms with Gasteiger partial charge in [-0.2, -0.15) is 0 Å². The van der Waals surface area contributed by atoms with Crippen molar-refractivity contribution >= 4 is 11.5 Å². The van der Waals surface area contributed by atoms with Crippen LogP contribution in [0.25, 0.3) is 5.57 Å². The van der Waals surface area contributed by atoms with Crippen molar-refractivity contribution in [3.63, 3.8) is 0 Å². The van der Waals surface area contributed by atoms with Crippen molar-refractivity contribution in [1.29, 1.82) is 0 Å². The first-order chi connectivity index (χ1) is 10.9. The monoisotopic (exact) mass is 314 g/mol. The SMILES string of the molecule is C=C(C)c1ccc2c(c1)CCC1C(C(=O)OC)C(O)CCC21C. The number of methoxy groups -OCH3 is 1. The lowest BCUT2D eigenvalue weighted by Crippen LogP contribution is -2.52. The summed E-state index contributed by atoms with van der Waals surface area (Å²) in [6.07, 6.45) is 2.83. The van der Waals surface area contributed by atoms with E-state index in [-0.39, 0.29) is 17.3 Å². The normalized spacial score (nSPS) is 32.6. The topological polar surface area (TPSA) is 46.5 Å². The zero-order valence-electron chi connectivity index (χ0n) is 14.3. The number of benzene rings is 1. The van der Waals surface area contributed by atoms with Crippen molar-refractivity contribution < 1.29 is 14.6 Å². The summed E-state index contributed by atoms with van der Waals surface area (Å²) in [6.45, 7) is 8.31.